The molecule has 686 valence electrons. The van der Waals surface area contributed by atoms with Crippen molar-refractivity contribution < 1.29 is 128 Å². The first-order valence-electron chi connectivity index (χ1n) is 40.2. The van der Waals surface area contributed by atoms with E-state index < -0.39 is 237 Å². The Bertz CT molecular complexity index is 6330. The summed E-state index contributed by atoms with van der Waals surface area (Å²) in [4.78, 5) is 160. The van der Waals surface area contributed by atoms with Crippen LogP contribution in [0.15, 0.2) is 85.9 Å². The molecule has 0 aliphatic carbocycles. The number of aliphatic hydroxyl groups is 4. The first kappa shape index (κ1) is 93.4. The molecule has 43 heteroatoms. The largest absolute Gasteiger partial charge is 0.503 e. The van der Waals surface area contributed by atoms with Gasteiger partial charge in [0.2, 0.25) is 21.7 Å². The number of methoxy groups -OCH3 is 2. The van der Waals surface area contributed by atoms with Crippen LogP contribution in [0.3, 0.4) is 0 Å². The lowest BCUT2D eigenvalue weighted by Crippen LogP contribution is -2.56. The summed E-state index contributed by atoms with van der Waals surface area (Å²) >= 11 is 0. The number of benzene rings is 4. The number of aromatic nitrogens is 4. The van der Waals surface area contributed by atoms with Crippen molar-refractivity contribution >= 4 is 47.3 Å². The van der Waals surface area contributed by atoms with E-state index in [2.05, 4.69) is 21.3 Å². The van der Waals surface area contributed by atoms with Gasteiger partial charge < -0.3 is 109 Å². The van der Waals surface area contributed by atoms with Gasteiger partial charge in [0.05, 0.1) is 88.6 Å². The Morgan fingerprint density at radius 2 is 0.736 bits per heavy atom. The van der Waals surface area contributed by atoms with Crippen LogP contribution in [-0.2, 0) is 57.8 Å². The van der Waals surface area contributed by atoms with Gasteiger partial charge >= 0.3 is 0 Å². The fraction of sp³-hybridized carbons (Fsp3) is 0.395. The lowest BCUT2D eigenvalue weighted by molar-refractivity contribution is 0.0213. The summed E-state index contributed by atoms with van der Waals surface area (Å²) in [7, 11) is 5.91. The highest BCUT2D eigenvalue weighted by Crippen LogP contribution is 2.53. The Morgan fingerprint density at radius 3 is 1.09 bits per heavy atom. The topological polar surface area (TPSA) is 466 Å². The number of ether oxygens (including phenoxy) is 2. The van der Waals surface area contributed by atoms with Gasteiger partial charge in [0.1, 0.15) is 74.6 Å². The molecule has 0 fully saturated rings. The summed E-state index contributed by atoms with van der Waals surface area (Å²) in [5.41, 5.74) is -12.9. The normalized spacial score (nSPS) is 22.7. The summed E-state index contributed by atoms with van der Waals surface area (Å²) in [6.07, 6.45) is -4.99. The Kier molecular flexibility index (Phi) is 25.2. The summed E-state index contributed by atoms with van der Waals surface area (Å²) in [5.74, 6) is -19.2. The molecule has 0 saturated heterocycles. The van der Waals surface area contributed by atoms with Crippen LogP contribution in [0, 0.1) is 58.3 Å². The molecule has 12 heterocycles. The lowest BCUT2D eigenvalue weighted by atomic mass is 9.84. The van der Waals surface area contributed by atoms with Crippen molar-refractivity contribution in [1.29, 1.82) is 0 Å². The predicted octanol–water partition coefficient (Wildman–Crippen LogP) is 4.81. The number of likely N-dealkylation sites (N-methyl/N-ethyl adjacent to an activating group) is 4. The van der Waals surface area contributed by atoms with Crippen molar-refractivity contribution in [2.75, 3.05) is 74.3 Å². The van der Waals surface area contributed by atoms with Gasteiger partial charge in [0.25, 0.3) is 47.3 Å². The van der Waals surface area contributed by atoms with Crippen LogP contribution in [0.25, 0.3) is 0 Å². The third kappa shape index (κ3) is 15.4. The zero-order chi connectivity index (χ0) is 94.7. The molecule has 129 heavy (non-hydrogen) atoms. The molecule has 0 radical (unpaired) electrons. The molecule has 4 aromatic heterocycles. The van der Waals surface area contributed by atoms with E-state index in [4.69, 9.17) is 9.47 Å². The van der Waals surface area contributed by atoms with Crippen molar-refractivity contribution in [3.05, 3.63) is 250 Å². The number of rotatable bonds is 18. The van der Waals surface area contributed by atoms with Crippen LogP contribution < -0.4 is 43.0 Å². The second-order valence-corrected chi connectivity index (χ2v) is 33.1. The van der Waals surface area contributed by atoms with E-state index in [0.717, 1.165) is 36.4 Å². The van der Waals surface area contributed by atoms with Gasteiger partial charge in [-0.1, -0.05) is 25.1 Å². The van der Waals surface area contributed by atoms with Crippen molar-refractivity contribution in [1.82, 2.24) is 59.1 Å². The summed E-state index contributed by atoms with van der Waals surface area (Å²) < 4.78 is 138. The quantitative estimate of drug-likeness (QED) is 0.0513. The van der Waals surface area contributed by atoms with Crippen molar-refractivity contribution in [2.45, 2.75) is 140 Å². The second-order valence-electron chi connectivity index (χ2n) is 33.1. The number of halogens is 9. The summed E-state index contributed by atoms with van der Waals surface area (Å²) in [6, 6.07) is 9.03. The molecule has 16 rings (SSSR count). The minimum Gasteiger partial charge on any atom is -0.503 e. The Balaban J connectivity index is 0.000000147. The monoisotopic (exact) mass is 1810 g/mol. The van der Waals surface area contributed by atoms with Gasteiger partial charge in [0.15, 0.2) is 45.8 Å². The van der Waals surface area contributed by atoms with Crippen LogP contribution in [0.1, 0.15) is 214 Å². The highest BCUT2D eigenvalue weighted by atomic mass is 19.2. The van der Waals surface area contributed by atoms with Gasteiger partial charge in [-0.05, 0) is 52.8 Å². The fourth-order valence-corrected chi connectivity index (χ4v) is 18.8. The van der Waals surface area contributed by atoms with E-state index in [1.165, 1.54) is 66.2 Å². The predicted molar refractivity (Wildman–Crippen MR) is 431 cm³/mol. The number of nitrogens with zero attached hydrogens (tertiary/aromatic N) is 8. The number of pyridine rings is 4. The van der Waals surface area contributed by atoms with Gasteiger partial charge in [-0.2, -0.15) is 0 Å². The first-order valence-corrected chi connectivity index (χ1v) is 40.2. The summed E-state index contributed by atoms with van der Waals surface area (Å²) in [6.45, 7) is 9.76. The Morgan fingerprint density at radius 1 is 0.419 bits per heavy atom. The van der Waals surface area contributed by atoms with E-state index in [0.29, 0.717) is 36.9 Å². The smallest absolute Gasteiger partial charge is 0.274 e. The number of amides is 8. The Hall–Kier alpha value is -13.2. The number of hydrogen-bond donors (Lipinski definition) is 12. The minimum absolute atomic E-state index is 0.00319. The third-order valence-electron chi connectivity index (χ3n) is 25.4. The van der Waals surface area contributed by atoms with Crippen molar-refractivity contribution in [2.24, 2.45) is 5.92 Å². The number of hydrogen-bond acceptors (Lipinski definition) is 22. The van der Waals surface area contributed by atoms with Gasteiger partial charge in [0, 0.05) is 165 Å². The molecule has 0 bridgehead atoms. The molecule has 8 aliphatic heterocycles. The molecule has 34 nitrogen and oxygen atoms in total. The van der Waals surface area contributed by atoms with E-state index >= 15 is 0 Å². The average molecular weight is 1810 g/mol. The van der Waals surface area contributed by atoms with Crippen molar-refractivity contribution in [3.8, 4) is 23.0 Å². The molecule has 12 N–H and O–H groups in total. The molecule has 10 unspecified atom stereocenters. The minimum atomic E-state index is -1.37. The maximum Gasteiger partial charge on any atom is 0.274 e. The molecule has 8 aromatic rings. The second kappa shape index (κ2) is 34.7. The SMILES string of the molecule is CC1C(O)c2c(C(=O)NCc3ccc(F)cc3F)c(=O)c(O)c3n2C1(C)CN(C)C3=O.CC1N(C)C(=O)c2c(O)c(=O)c(C(=O)NCc3ccc(F)cc3F)c3n2C1(C)CC3O.CCN1CC2(COC)CC(O)c3c(C(=O)NCc4c(F)cc(F)cc4F)c(=O)c(O)c(n32)C1=O.CCN1CC2(COC)CC(O)c3c(C(=O)NCc4ccc(F)cc4F)c(=O)c(O)c(n32)C1=O. The first-order chi connectivity index (χ1) is 60.7. The van der Waals surface area contributed by atoms with E-state index in [9.17, 15) is 138 Å². The number of nitrogens with one attached hydrogen (secondary N) is 4. The molecule has 4 aromatic carbocycles. The molecule has 8 aliphatic rings. The Labute approximate surface area is 724 Å². The van der Waals surface area contributed by atoms with Crippen LogP contribution in [-0.4, -0.2) is 206 Å². The molecule has 0 spiro atoms. The number of carbonyl (C=O) groups excluding carboxylic acids is 8. The van der Waals surface area contributed by atoms with Crippen LogP contribution in [0.4, 0.5) is 39.5 Å². The molecule has 10 atom stereocenters. The van der Waals surface area contributed by atoms with E-state index in [-0.39, 0.29) is 141 Å². The molecule has 8 amide bonds. The molecular formula is C86H87F9N12O22. The van der Waals surface area contributed by atoms with Crippen LogP contribution in [0.5, 0.6) is 23.0 Å². The van der Waals surface area contributed by atoms with Gasteiger partial charge in [-0.3, -0.25) is 57.5 Å². The maximum absolute atomic E-state index is 14.0. The van der Waals surface area contributed by atoms with E-state index in [1.807, 2.05) is 0 Å². The van der Waals surface area contributed by atoms with Crippen molar-refractivity contribution in [3.63, 3.8) is 0 Å². The van der Waals surface area contributed by atoms with Gasteiger partial charge in [-0.15, -0.1) is 0 Å². The average Bonchev–Trinajstić information content (AvgIpc) is 1.55. The molecular weight excluding hydrogens is 1720 g/mol. The maximum atomic E-state index is 14.0. The number of aromatic hydroxyl groups is 4. The number of aliphatic hydroxyl groups excluding tert-OH is 4. The zero-order valence-corrected chi connectivity index (χ0v) is 70.5. The van der Waals surface area contributed by atoms with Crippen LogP contribution >= 0.6 is 0 Å². The van der Waals surface area contributed by atoms with Gasteiger partial charge in [-0.25, -0.2) is 39.5 Å². The number of carbonyl (C=O) groups is 8. The zero-order valence-electron chi connectivity index (χ0n) is 70.5. The van der Waals surface area contributed by atoms with Crippen LogP contribution in [0.2, 0.25) is 0 Å². The highest BCUT2D eigenvalue weighted by molar-refractivity contribution is 6.04. The lowest BCUT2D eigenvalue weighted by Gasteiger charge is -2.45. The highest BCUT2D eigenvalue weighted by Gasteiger charge is 2.59. The third-order valence-corrected chi connectivity index (χ3v) is 25.4. The standard InChI is InChI=1S/C22H22F3N3O6.C22H23F2N3O6.2C21H21F2N3O5/c1-3-27-8-22(9-34-2)6-14(29)16-15(18(30)19(31)17(21(27)33)28(16)22)20(32)26-7-11-12(24)4-10(23)5-13(11)25;1-3-26-9-22(10-33-2)7-14(28)16-15(18(29)19(30)17(21(26)32)27(16)22)20(31)25-8-11-4-5-12(23)6-13(11)24;1-9-21(2)7-13(27)15-14(17(28)18(29)16(26(15)21)20(31)25(9)3)19(30)24-8-10-4-5-11(22)6-12(10)23;1-9-16(27)14-13(19(30)24-7-10-4-5-11(22)6-12(10)23)17(28)18(29)15-20(31)25(3)8-21(9,2)26(14)15/h4-5,14,29,31H,3,6-9H2,1-2H3,(H,26,32);4-6,14,28,30H,3,7-10H2,1-2H3,(H,25,31);4-6,9,13,27,29H,7-8H2,1-3H3,(H,24,30);4-6,9,16,27,29H,7-8H2,1-3H3,(H,24,30). The molecule has 0 saturated carbocycles. The summed E-state index contributed by atoms with van der Waals surface area (Å²) in [5, 5.41) is 95.1. The fourth-order valence-electron chi connectivity index (χ4n) is 18.8. The van der Waals surface area contributed by atoms with E-state index in [1.54, 1.807) is 41.5 Å².